The molecule has 0 radical (unpaired) electrons. The van der Waals surface area contributed by atoms with Crippen LogP contribution in [0.5, 0.6) is 5.75 Å². The molecule has 1 saturated heterocycles. The van der Waals surface area contributed by atoms with E-state index < -0.39 is 70.9 Å². The fourth-order valence-corrected chi connectivity index (χ4v) is 7.12. The molecule has 37 heavy (non-hydrogen) atoms. The van der Waals surface area contributed by atoms with Crippen molar-refractivity contribution >= 4 is 28.5 Å². The molecule has 206 valence electrons. The average Bonchev–Trinajstić information content (AvgIpc) is 3.05. The van der Waals surface area contributed by atoms with Gasteiger partial charge in [-0.1, -0.05) is 0 Å². The summed E-state index contributed by atoms with van der Waals surface area (Å²) in [5.74, 6) is 0.331. The number of aliphatic hydroxyl groups is 2. The molecule has 0 aliphatic carbocycles. The lowest BCUT2D eigenvalue weighted by Gasteiger charge is -2.20. The molecule has 6 N–H and O–H groups in total. The Morgan fingerprint density at radius 2 is 1.62 bits per heavy atom. The van der Waals surface area contributed by atoms with Crippen LogP contribution < -0.4 is 21.3 Å². The van der Waals surface area contributed by atoms with E-state index in [1.54, 1.807) is 6.92 Å². The third-order valence-electron chi connectivity index (χ3n) is 4.76. The number of aromatic nitrogens is 2. The van der Waals surface area contributed by atoms with Crippen molar-refractivity contribution in [2.45, 2.75) is 31.5 Å². The van der Waals surface area contributed by atoms with E-state index in [0.717, 1.165) is 29.0 Å². The molecule has 1 aromatic carbocycles. The maximum atomic E-state index is 12.4. The zero-order chi connectivity index (χ0) is 27.6. The number of hydrogen-bond acceptors (Lipinski definition) is 12. The molecular weight excluding hydrogens is 565 g/mol. The molecule has 0 bridgehead atoms. The number of benzene rings is 1. The highest BCUT2D eigenvalue weighted by Gasteiger charge is 2.47. The molecule has 3 rings (SSSR count). The summed E-state index contributed by atoms with van der Waals surface area (Å²) in [5, 5.41) is 19.8. The molecule has 0 amide bonds. The van der Waals surface area contributed by atoms with Crippen LogP contribution in [-0.2, 0) is 31.6 Å². The number of nitrogens with one attached hydrogen (secondary N) is 1. The smallest absolute Gasteiger partial charge is 0.488 e. The lowest BCUT2D eigenvalue weighted by atomic mass is 10.1. The Bertz CT molecular complexity index is 1360. The first-order valence-corrected chi connectivity index (χ1v) is 14.8. The van der Waals surface area contributed by atoms with Crippen LogP contribution in [0.1, 0.15) is 13.2 Å². The predicted octanol–water partition coefficient (Wildman–Crippen LogP) is -0.684. The van der Waals surface area contributed by atoms with Gasteiger partial charge in [-0.3, -0.25) is 23.4 Å². The molecule has 0 saturated carbocycles. The van der Waals surface area contributed by atoms with Crippen LogP contribution in [0.15, 0.2) is 46.1 Å². The van der Waals surface area contributed by atoms with Crippen molar-refractivity contribution in [3.05, 3.63) is 57.4 Å². The van der Waals surface area contributed by atoms with Crippen LogP contribution in [0.25, 0.3) is 0 Å². The maximum absolute atomic E-state index is 12.4. The van der Waals surface area contributed by atoms with E-state index in [0.29, 0.717) is 12.4 Å². The Kier molecular flexibility index (Phi) is 9.13. The van der Waals surface area contributed by atoms with E-state index in [1.165, 1.54) is 12.1 Å². The normalized spacial score (nSPS) is 26.6. The molecule has 7 atom stereocenters. The molecule has 1 aromatic heterocycles. The fourth-order valence-electron chi connectivity index (χ4n) is 3.15. The highest BCUT2D eigenvalue weighted by atomic mass is 31.3. The number of H-pyrrole nitrogens is 1. The lowest BCUT2D eigenvalue weighted by molar-refractivity contribution is -0.0542. The molecule has 1 fully saturated rings. The molecule has 0 spiro atoms. The quantitative estimate of drug-likeness (QED) is 0.178. The molecule has 2 heterocycles. The van der Waals surface area contributed by atoms with Crippen molar-refractivity contribution in [2.75, 3.05) is 13.2 Å². The molecule has 2 aromatic rings. The van der Waals surface area contributed by atoms with Gasteiger partial charge in [-0.25, -0.2) is 18.2 Å². The minimum Gasteiger partial charge on any atom is -0.494 e. The van der Waals surface area contributed by atoms with E-state index in [4.69, 9.17) is 9.47 Å². The Morgan fingerprint density at radius 3 is 2.22 bits per heavy atom. The van der Waals surface area contributed by atoms with Crippen LogP contribution in [0, 0.1) is 0 Å². The highest BCUT2D eigenvalue weighted by molar-refractivity contribution is 7.71. The van der Waals surface area contributed by atoms with Gasteiger partial charge in [0.15, 0.2) is 6.23 Å². The second-order valence-electron chi connectivity index (χ2n) is 7.41. The lowest BCUT2D eigenvalue weighted by Crippen LogP contribution is -2.37. The van der Waals surface area contributed by atoms with Crippen molar-refractivity contribution < 1.29 is 61.2 Å². The second kappa shape index (κ2) is 11.4. The summed E-state index contributed by atoms with van der Waals surface area (Å²) in [6.07, 6.45) is -5.65. The first-order valence-electron chi connectivity index (χ1n) is 10.3. The van der Waals surface area contributed by atoms with Gasteiger partial charge in [0.05, 0.1) is 18.5 Å². The van der Waals surface area contributed by atoms with Crippen LogP contribution in [0.4, 0.5) is 0 Å². The third kappa shape index (κ3) is 7.54. The van der Waals surface area contributed by atoms with Crippen molar-refractivity contribution in [1.29, 1.82) is 0 Å². The topological polar surface area (TPSA) is 253 Å². The third-order valence-corrected chi connectivity index (χ3v) is 9.55. The Morgan fingerprint density at radius 1 is 0.973 bits per heavy atom. The van der Waals surface area contributed by atoms with E-state index in [1.807, 2.05) is 4.98 Å². The number of nitrogens with zero attached hydrogens (tertiary/aromatic N) is 1. The maximum Gasteiger partial charge on any atom is 0.488 e. The largest absolute Gasteiger partial charge is 0.494 e. The van der Waals surface area contributed by atoms with E-state index in [9.17, 15) is 48.2 Å². The summed E-state index contributed by atoms with van der Waals surface area (Å²) >= 11 is 0. The zero-order valence-corrected chi connectivity index (χ0v) is 21.5. The van der Waals surface area contributed by atoms with E-state index in [2.05, 4.69) is 13.1 Å². The van der Waals surface area contributed by atoms with E-state index >= 15 is 0 Å². The van der Waals surface area contributed by atoms with Crippen molar-refractivity contribution in [3.63, 3.8) is 0 Å². The second-order valence-corrected chi connectivity index (χ2v) is 12.4. The van der Waals surface area contributed by atoms with Gasteiger partial charge in [-0.15, -0.1) is 0 Å². The summed E-state index contributed by atoms with van der Waals surface area (Å²) in [7, 11) is -16.2. The summed E-state index contributed by atoms with van der Waals surface area (Å²) in [4.78, 5) is 54.6. The van der Waals surface area contributed by atoms with Gasteiger partial charge in [0, 0.05) is 12.3 Å². The number of rotatable bonds is 11. The van der Waals surface area contributed by atoms with Gasteiger partial charge in [0.1, 0.15) is 24.1 Å². The van der Waals surface area contributed by atoms with Crippen LogP contribution in [-0.4, -0.2) is 66.0 Å². The van der Waals surface area contributed by atoms with Gasteiger partial charge >= 0.3 is 28.9 Å². The average molecular weight is 588 g/mol. The summed E-state index contributed by atoms with van der Waals surface area (Å²) in [5.41, 5.74) is -1.72. The van der Waals surface area contributed by atoms with Crippen molar-refractivity contribution in [1.82, 2.24) is 9.55 Å². The number of aromatic amines is 1. The molecule has 1 aliphatic rings. The Hall–Kier alpha value is -1.97. The van der Waals surface area contributed by atoms with Gasteiger partial charge in [-0.05, 0) is 31.2 Å². The fraction of sp³-hybridized carbons (Fsp3) is 0.412. The molecular formula is C17H23N2O15P3. The minimum absolute atomic E-state index is 0.312. The summed E-state index contributed by atoms with van der Waals surface area (Å²) in [6.45, 7) is 0.999. The highest BCUT2D eigenvalue weighted by Crippen LogP contribution is 2.67. The number of phosphoric acid groups is 2. The van der Waals surface area contributed by atoms with Crippen LogP contribution in [0.2, 0.25) is 0 Å². The SMILES string of the molecule is CCOc1ccc(P(=O)(O)OP(=O)(O)OP(=O)(O)OCC2OC(n3ccc(=O)[nH]c3=O)C(O)C2O)cc1. The Labute approximate surface area is 207 Å². The standard InChI is InChI=1S/C17H23N2O15P3/c1-2-30-10-3-5-11(6-4-10)35(24,25)33-37(28,29)34-36(26,27)31-9-12-14(21)15(22)16(32-12)19-8-7-13(20)18-17(19)23/h3-8,12,14-16,21-22H,2,9H2,1H3,(H,24,25)(H,26,27)(H,28,29)(H,18,20,23). The first-order chi connectivity index (χ1) is 17.1. The minimum atomic E-state index is -5.70. The van der Waals surface area contributed by atoms with Crippen LogP contribution in [0.3, 0.4) is 0 Å². The number of ether oxygens (including phenoxy) is 2. The number of aliphatic hydroxyl groups excluding tert-OH is 2. The van der Waals surface area contributed by atoms with E-state index in [-0.39, 0.29) is 0 Å². The molecule has 20 heteroatoms. The molecule has 7 unspecified atom stereocenters. The summed E-state index contributed by atoms with van der Waals surface area (Å²) in [6, 6.07) is 5.63. The van der Waals surface area contributed by atoms with Gasteiger partial charge in [-0.2, -0.15) is 4.31 Å². The Balaban J connectivity index is 1.63. The number of phosphoric ester groups is 1. The number of hydrogen-bond donors (Lipinski definition) is 6. The van der Waals surface area contributed by atoms with Crippen molar-refractivity contribution in [3.8, 4) is 5.75 Å². The van der Waals surface area contributed by atoms with Crippen molar-refractivity contribution in [2.24, 2.45) is 0 Å². The van der Waals surface area contributed by atoms with Crippen LogP contribution >= 0.6 is 23.2 Å². The van der Waals surface area contributed by atoms with Gasteiger partial charge in [0.25, 0.3) is 5.56 Å². The molecule has 17 nitrogen and oxygen atoms in total. The molecule has 1 aliphatic heterocycles. The predicted molar refractivity (Wildman–Crippen MR) is 122 cm³/mol. The van der Waals surface area contributed by atoms with Gasteiger partial charge in [0.2, 0.25) is 0 Å². The van der Waals surface area contributed by atoms with Gasteiger partial charge < -0.3 is 34.4 Å². The monoisotopic (exact) mass is 588 g/mol. The summed E-state index contributed by atoms with van der Waals surface area (Å²) < 4.78 is 60.6. The first kappa shape index (κ1) is 29.6. The zero-order valence-electron chi connectivity index (χ0n) is 18.8.